The number of nitrogens with one attached hydrogen (secondary N) is 1. The molecule has 9 nitrogen and oxygen atoms in total. The van der Waals surface area contributed by atoms with E-state index in [0.717, 1.165) is 0 Å². The number of aliphatic carboxylic acids is 1. The third-order valence-corrected chi connectivity index (χ3v) is 3.72. The largest absolute Gasteiger partial charge is 0.490 e. The molecule has 0 aromatic carbocycles. The Morgan fingerprint density at radius 3 is 2.08 bits per heavy atom. The number of hydrogen-bond acceptors (Lipinski definition) is 6. The third-order valence-electron chi connectivity index (χ3n) is 2.42. The molecule has 1 aromatic heterocycles. The van der Waals surface area contributed by atoms with Crippen molar-refractivity contribution in [3.05, 3.63) is 17.8 Å². The second-order valence-electron chi connectivity index (χ2n) is 4.60. The van der Waals surface area contributed by atoms with Crippen LogP contribution in [0.25, 0.3) is 0 Å². The van der Waals surface area contributed by atoms with Crippen LogP contribution in [0.4, 0.5) is 24.7 Å². The molecule has 25 heavy (non-hydrogen) atoms. The van der Waals surface area contributed by atoms with Crippen LogP contribution in [0.3, 0.4) is 0 Å². The Morgan fingerprint density at radius 1 is 1.28 bits per heavy atom. The predicted molar refractivity (Wildman–Crippen MR) is 82.3 cm³/mol. The van der Waals surface area contributed by atoms with E-state index in [-0.39, 0.29) is 22.8 Å². The second-order valence-corrected chi connectivity index (χ2v) is 6.61. The van der Waals surface area contributed by atoms with E-state index in [1.54, 1.807) is 19.0 Å². The normalized spacial score (nSPS) is 11.1. The molecule has 3 N–H and O–H groups in total. The summed E-state index contributed by atoms with van der Waals surface area (Å²) in [5.41, 5.74) is 0.0798. The van der Waals surface area contributed by atoms with Crippen LogP contribution >= 0.6 is 0 Å². The zero-order valence-electron chi connectivity index (χ0n) is 13.3. The zero-order valence-corrected chi connectivity index (χ0v) is 14.1. The molecule has 0 fully saturated rings. The summed E-state index contributed by atoms with van der Waals surface area (Å²) < 4.78 is 56.7. The lowest BCUT2D eigenvalue weighted by Crippen LogP contribution is -2.21. The number of carboxylic acid groups (broad SMARTS) is 2. The van der Waals surface area contributed by atoms with Crippen molar-refractivity contribution in [3.63, 3.8) is 0 Å². The lowest BCUT2D eigenvalue weighted by Gasteiger charge is -2.15. The van der Waals surface area contributed by atoms with Gasteiger partial charge in [0, 0.05) is 14.1 Å². The van der Waals surface area contributed by atoms with Crippen LogP contribution in [-0.2, 0) is 14.8 Å². The van der Waals surface area contributed by atoms with Gasteiger partial charge in [0.2, 0.25) is 10.0 Å². The van der Waals surface area contributed by atoms with Gasteiger partial charge < -0.3 is 15.1 Å². The first kappa shape index (κ1) is 22.4. The SMILES string of the molecule is CCS(=O)(=O)Nc1cnc(N(C)C)c(C(=O)O)c1.O=C(O)C(F)(F)F. The Labute approximate surface area is 141 Å². The summed E-state index contributed by atoms with van der Waals surface area (Å²) in [6, 6.07) is 1.25. The fourth-order valence-corrected chi connectivity index (χ4v) is 1.89. The quantitative estimate of drug-likeness (QED) is 0.686. The summed E-state index contributed by atoms with van der Waals surface area (Å²) in [4.78, 5) is 25.4. The van der Waals surface area contributed by atoms with E-state index in [0.29, 0.717) is 0 Å². The van der Waals surface area contributed by atoms with Gasteiger partial charge in [-0.2, -0.15) is 13.2 Å². The molecule has 0 radical (unpaired) electrons. The topological polar surface area (TPSA) is 137 Å². The number of aromatic nitrogens is 1. The molecule has 1 rings (SSSR count). The number of hydrogen-bond donors (Lipinski definition) is 3. The Hall–Kier alpha value is -2.57. The first-order valence-electron chi connectivity index (χ1n) is 6.42. The Balaban J connectivity index is 0.000000697. The van der Waals surface area contributed by atoms with Gasteiger partial charge in [0.05, 0.1) is 17.6 Å². The number of halogens is 3. The van der Waals surface area contributed by atoms with Gasteiger partial charge in [0.15, 0.2) is 0 Å². The maximum absolute atomic E-state index is 11.4. The van der Waals surface area contributed by atoms with Gasteiger partial charge in [-0.1, -0.05) is 0 Å². The van der Waals surface area contributed by atoms with Gasteiger partial charge in [-0.25, -0.2) is 23.0 Å². The Bertz CT molecular complexity index is 734. The van der Waals surface area contributed by atoms with Gasteiger partial charge in [-0.05, 0) is 13.0 Å². The van der Waals surface area contributed by atoms with Crippen LogP contribution in [-0.4, -0.2) is 61.6 Å². The highest BCUT2D eigenvalue weighted by molar-refractivity contribution is 7.92. The van der Waals surface area contributed by atoms with Crippen LogP contribution in [0.5, 0.6) is 0 Å². The maximum atomic E-state index is 11.4. The minimum atomic E-state index is -5.08. The summed E-state index contributed by atoms with van der Waals surface area (Å²) in [6.07, 6.45) is -3.80. The van der Waals surface area contributed by atoms with Crippen molar-refractivity contribution >= 4 is 33.5 Å². The van der Waals surface area contributed by atoms with E-state index in [1.165, 1.54) is 19.2 Å². The first-order chi connectivity index (χ1) is 11.2. The molecule has 0 unspecified atom stereocenters. The average Bonchev–Trinajstić information content (AvgIpc) is 2.46. The van der Waals surface area contributed by atoms with Gasteiger partial charge in [0.25, 0.3) is 0 Å². The standard InChI is InChI=1S/C10H15N3O4S.C2HF3O2/c1-4-18(16,17)12-7-5-8(10(14)15)9(11-6-7)13(2)3;3-2(4,5)1(6)7/h5-6,12H,4H2,1-3H3,(H,14,15);(H,6,7). The van der Waals surface area contributed by atoms with E-state index in [4.69, 9.17) is 15.0 Å². The number of carboxylic acids is 2. The van der Waals surface area contributed by atoms with Crippen molar-refractivity contribution in [2.75, 3.05) is 29.5 Å². The van der Waals surface area contributed by atoms with Crippen LogP contribution in [0.1, 0.15) is 17.3 Å². The molecule has 142 valence electrons. The van der Waals surface area contributed by atoms with E-state index in [2.05, 4.69) is 9.71 Å². The Morgan fingerprint density at radius 2 is 1.76 bits per heavy atom. The van der Waals surface area contributed by atoms with E-state index in [1.807, 2.05) is 0 Å². The highest BCUT2D eigenvalue weighted by atomic mass is 32.2. The van der Waals surface area contributed by atoms with Crippen LogP contribution in [0.15, 0.2) is 12.3 Å². The van der Waals surface area contributed by atoms with Crippen molar-refractivity contribution in [3.8, 4) is 0 Å². The lowest BCUT2D eigenvalue weighted by atomic mass is 10.2. The minimum absolute atomic E-state index is 0.0590. The monoisotopic (exact) mass is 387 g/mol. The molecule has 0 aliphatic carbocycles. The highest BCUT2D eigenvalue weighted by Gasteiger charge is 2.38. The summed E-state index contributed by atoms with van der Waals surface area (Å²) in [6.45, 7) is 1.49. The number of alkyl halides is 3. The molecule has 0 saturated heterocycles. The molecule has 1 heterocycles. The van der Waals surface area contributed by atoms with Crippen molar-refractivity contribution in [1.82, 2.24) is 4.98 Å². The van der Waals surface area contributed by atoms with Crippen LogP contribution < -0.4 is 9.62 Å². The molecule has 0 bridgehead atoms. The van der Waals surface area contributed by atoms with Gasteiger partial charge in [0.1, 0.15) is 11.4 Å². The van der Waals surface area contributed by atoms with Gasteiger partial charge >= 0.3 is 18.1 Å². The summed E-state index contributed by atoms with van der Waals surface area (Å²) in [5, 5.41) is 16.2. The number of aromatic carboxylic acids is 1. The number of nitrogens with zero attached hydrogens (tertiary/aromatic N) is 2. The molecule has 0 aliphatic heterocycles. The van der Waals surface area contributed by atoms with Gasteiger partial charge in [-0.3, -0.25) is 4.72 Å². The number of pyridine rings is 1. The third kappa shape index (κ3) is 7.69. The summed E-state index contributed by atoms with van der Waals surface area (Å²) in [7, 11) is -0.130. The second kappa shape index (κ2) is 8.50. The summed E-state index contributed by atoms with van der Waals surface area (Å²) >= 11 is 0. The van der Waals surface area contributed by atoms with Gasteiger partial charge in [-0.15, -0.1) is 0 Å². The van der Waals surface area contributed by atoms with Crippen LogP contribution in [0, 0.1) is 0 Å². The van der Waals surface area contributed by atoms with E-state index in [9.17, 15) is 26.4 Å². The minimum Gasteiger partial charge on any atom is -0.478 e. The highest BCUT2D eigenvalue weighted by Crippen LogP contribution is 2.20. The smallest absolute Gasteiger partial charge is 0.478 e. The fraction of sp³-hybridized carbons (Fsp3) is 0.417. The van der Waals surface area contributed by atoms with Crippen molar-refractivity contribution in [1.29, 1.82) is 0 Å². The van der Waals surface area contributed by atoms with E-state index >= 15 is 0 Å². The average molecular weight is 387 g/mol. The molecule has 1 aromatic rings. The number of rotatable bonds is 5. The van der Waals surface area contributed by atoms with Crippen LogP contribution in [0.2, 0.25) is 0 Å². The Kier molecular flexibility index (Phi) is 7.63. The number of sulfonamides is 1. The number of carbonyl (C=O) groups is 2. The fourth-order valence-electron chi connectivity index (χ4n) is 1.28. The molecule has 0 spiro atoms. The molecule has 13 heteroatoms. The molecule has 0 atom stereocenters. The molecule has 0 amide bonds. The van der Waals surface area contributed by atoms with Crippen molar-refractivity contribution < 1.29 is 41.4 Å². The maximum Gasteiger partial charge on any atom is 0.490 e. The first-order valence-corrected chi connectivity index (χ1v) is 8.07. The molecular weight excluding hydrogens is 371 g/mol. The van der Waals surface area contributed by atoms with Crippen molar-refractivity contribution in [2.24, 2.45) is 0 Å². The number of anilines is 2. The molecule has 0 aliphatic rings. The van der Waals surface area contributed by atoms with Crippen molar-refractivity contribution in [2.45, 2.75) is 13.1 Å². The summed E-state index contributed by atoms with van der Waals surface area (Å²) in [5.74, 6) is -3.75. The lowest BCUT2D eigenvalue weighted by molar-refractivity contribution is -0.192. The molecular formula is C12H16F3N3O6S. The van der Waals surface area contributed by atoms with E-state index < -0.39 is 28.1 Å². The predicted octanol–water partition coefficient (Wildman–Crippen LogP) is 1.24. The molecule has 0 saturated carbocycles. The zero-order chi connectivity index (χ0) is 20.0.